The number of fused-ring (bicyclic) bond motifs is 1. The van der Waals surface area contributed by atoms with E-state index in [-0.39, 0.29) is 6.79 Å². The molecule has 0 saturated heterocycles. The predicted molar refractivity (Wildman–Crippen MR) is 106 cm³/mol. The maximum Gasteiger partial charge on any atom is 0.231 e. The number of anilines is 3. The molecule has 2 heterocycles. The summed E-state index contributed by atoms with van der Waals surface area (Å²) in [6, 6.07) is 13.6. The third-order valence-corrected chi connectivity index (χ3v) is 4.60. The Bertz CT molecular complexity index is 994. The van der Waals surface area contributed by atoms with E-state index in [0.29, 0.717) is 17.5 Å². The minimum atomic E-state index is 0.273. The van der Waals surface area contributed by atoms with Crippen LogP contribution in [0.5, 0.6) is 11.5 Å². The average Bonchev–Trinajstić information content (AvgIpc) is 3.10. The van der Waals surface area contributed by atoms with Crippen LogP contribution < -0.4 is 20.1 Å². The first-order valence-corrected chi connectivity index (χ1v) is 8.96. The molecular formula is C20H19ClN4O2. The normalized spacial score (nSPS) is 12.1. The Morgan fingerprint density at radius 3 is 2.70 bits per heavy atom. The van der Waals surface area contributed by atoms with E-state index in [2.05, 4.69) is 20.6 Å². The van der Waals surface area contributed by atoms with Gasteiger partial charge in [-0.05, 0) is 49.2 Å². The van der Waals surface area contributed by atoms with Gasteiger partial charge in [0.1, 0.15) is 5.82 Å². The van der Waals surface area contributed by atoms with Gasteiger partial charge in [0.2, 0.25) is 12.7 Å². The smallest absolute Gasteiger partial charge is 0.231 e. The third-order valence-electron chi connectivity index (χ3n) is 4.19. The topological polar surface area (TPSA) is 68.3 Å². The Kier molecular flexibility index (Phi) is 4.73. The lowest BCUT2D eigenvalue weighted by Crippen LogP contribution is -2.05. The minimum absolute atomic E-state index is 0.273. The molecule has 0 radical (unpaired) electrons. The molecule has 3 aromatic rings. The summed E-state index contributed by atoms with van der Waals surface area (Å²) in [6.07, 6.45) is 0. The Balaban J connectivity index is 1.47. The Morgan fingerprint density at radius 2 is 1.85 bits per heavy atom. The summed E-state index contributed by atoms with van der Waals surface area (Å²) in [5, 5.41) is 7.23. The van der Waals surface area contributed by atoms with Gasteiger partial charge in [0.05, 0.1) is 0 Å². The largest absolute Gasteiger partial charge is 0.454 e. The second kappa shape index (κ2) is 7.32. The molecular weight excluding hydrogens is 364 g/mol. The molecule has 2 N–H and O–H groups in total. The van der Waals surface area contributed by atoms with E-state index in [1.165, 1.54) is 0 Å². The molecule has 0 atom stereocenters. The fourth-order valence-corrected chi connectivity index (χ4v) is 2.94. The Hall–Kier alpha value is -2.99. The van der Waals surface area contributed by atoms with Gasteiger partial charge in [-0.2, -0.15) is 4.98 Å². The molecule has 2 aromatic carbocycles. The van der Waals surface area contributed by atoms with Crippen LogP contribution in [0, 0.1) is 13.8 Å². The van der Waals surface area contributed by atoms with Gasteiger partial charge in [0.25, 0.3) is 0 Å². The zero-order valence-electron chi connectivity index (χ0n) is 15.0. The van der Waals surface area contributed by atoms with Crippen LogP contribution in [0.15, 0.2) is 42.5 Å². The van der Waals surface area contributed by atoms with Crippen molar-refractivity contribution in [1.82, 2.24) is 9.97 Å². The van der Waals surface area contributed by atoms with Crippen molar-refractivity contribution >= 4 is 29.1 Å². The number of halogens is 1. The van der Waals surface area contributed by atoms with Crippen LogP contribution in [-0.2, 0) is 6.54 Å². The summed E-state index contributed by atoms with van der Waals surface area (Å²) in [7, 11) is 0. The molecule has 1 aliphatic heterocycles. The number of nitrogens with zero attached hydrogens (tertiary/aromatic N) is 2. The summed E-state index contributed by atoms with van der Waals surface area (Å²) in [4.78, 5) is 8.98. The molecule has 0 unspecified atom stereocenters. The fourth-order valence-electron chi connectivity index (χ4n) is 2.76. The molecule has 0 amide bonds. The van der Waals surface area contributed by atoms with Crippen molar-refractivity contribution in [2.45, 2.75) is 20.4 Å². The zero-order chi connectivity index (χ0) is 18.8. The number of hydrogen-bond acceptors (Lipinski definition) is 6. The van der Waals surface area contributed by atoms with Crippen LogP contribution in [0.25, 0.3) is 0 Å². The Labute approximate surface area is 162 Å². The van der Waals surface area contributed by atoms with E-state index in [1.54, 1.807) is 0 Å². The highest BCUT2D eigenvalue weighted by atomic mass is 35.5. The molecule has 138 valence electrons. The standard InChI is InChI=1S/C20H19ClN4O2/c1-12-3-5-15(9-16(12)21)24-20-23-13(2)7-19(25-20)22-10-14-4-6-17-18(8-14)27-11-26-17/h3-9H,10-11H2,1-2H3,(H2,22,23,24,25). The molecule has 4 rings (SSSR count). The van der Waals surface area contributed by atoms with Crippen LogP contribution in [0.1, 0.15) is 16.8 Å². The molecule has 6 nitrogen and oxygen atoms in total. The van der Waals surface area contributed by atoms with Gasteiger partial charge in [-0.3, -0.25) is 0 Å². The summed E-state index contributed by atoms with van der Waals surface area (Å²) in [6.45, 7) is 4.78. The predicted octanol–water partition coefficient (Wildman–Crippen LogP) is 4.83. The number of rotatable bonds is 5. The number of nitrogens with one attached hydrogen (secondary N) is 2. The van der Waals surface area contributed by atoms with Crippen molar-refractivity contribution in [3.63, 3.8) is 0 Å². The zero-order valence-corrected chi connectivity index (χ0v) is 15.8. The first kappa shape index (κ1) is 17.4. The lowest BCUT2D eigenvalue weighted by Gasteiger charge is -2.11. The second-order valence-electron chi connectivity index (χ2n) is 6.35. The number of aromatic nitrogens is 2. The second-order valence-corrected chi connectivity index (χ2v) is 6.76. The van der Waals surface area contributed by atoms with Crippen molar-refractivity contribution in [2.75, 3.05) is 17.4 Å². The molecule has 1 aromatic heterocycles. The van der Waals surface area contributed by atoms with Crippen LogP contribution in [0.2, 0.25) is 5.02 Å². The average molecular weight is 383 g/mol. The number of hydrogen-bond donors (Lipinski definition) is 2. The van der Waals surface area contributed by atoms with Crippen LogP contribution >= 0.6 is 11.6 Å². The van der Waals surface area contributed by atoms with E-state index in [9.17, 15) is 0 Å². The highest BCUT2D eigenvalue weighted by molar-refractivity contribution is 6.31. The van der Waals surface area contributed by atoms with Gasteiger partial charge in [-0.1, -0.05) is 23.7 Å². The van der Waals surface area contributed by atoms with E-state index in [4.69, 9.17) is 21.1 Å². The molecule has 0 saturated carbocycles. The van der Waals surface area contributed by atoms with Crippen molar-refractivity contribution in [3.05, 3.63) is 64.3 Å². The van der Waals surface area contributed by atoms with Gasteiger partial charge >= 0.3 is 0 Å². The highest BCUT2D eigenvalue weighted by Gasteiger charge is 2.13. The maximum absolute atomic E-state index is 6.19. The number of benzene rings is 2. The van der Waals surface area contributed by atoms with Gasteiger partial charge < -0.3 is 20.1 Å². The van der Waals surface area contributed by atoms with Gasteiger partial charge in [-0.25, -0.2) is 4.98 Å². The fraction of sp³-hybridized carbons (Fsp3) is 0.200. The van der Waals surface area contributed by atoms with Crippen LogP contribution in [0.4, 0.5) is 17.5 Å². The number of aryl methyl sites for hydroxylation is 2. The van der Waals surface area contributed by atoms with Crippen LogP contribution in [-0.4, -0.2) is 16.8 Å². The SMILES string of the molecule is Cc1cc(NCc2ccc3c(c2)OCO3)nc(Nc2ccc(C)c(Cl)c2)n1. The van der Waals surface area contributed by atoms with E-state index >= 15 is 0 Å². The molecule has 0 fully saturated rings. The quantitative estimate of drug-likeness (QED) is 0.658. The van der Waals surface area contributed by atoms with Crippen LogP contribution in [0.3, 0.4) is 0 Å². The minimum Gasteiger partial charge on any atom is -0.454 e. The molecule has 0 aliphatic carbocycles. The van der Waals surface area contributed by atoms with E-state index in [0.717, 1.165) is 39.8 Å². The Morgan fingerprint density at radius 1 is 1.00 bits per heavy atom. The summed E-state index contributed by atoms with van der Waals surface area (Å²) >= 11 is 6.19. The lowest BCUT2D eigenvalue weighted by atomic mass is 10.2. The summed E-state index contributed by atoms with van der Waals surface area (Å²) < 4.78 is 10.8. The third kappa shape index (κ3) is 4.06. The molecule has 0 bridgehead atoms. The van der Waals surface area contributed by atoms with Crippen molar-refractivity contribution in [2.24, 2.45) is 0 Å². The van der Waals surface area contributed by atoms with Gasteiger partial charge in [0, 0.05) is 29.0 Å². The summed E-state index contributed by atoms with van der Waals surface area (Å²) in [5.41, 5.74) is 3.81. The van der Waals surface area contributed by atoms with Gasteiger partial charge in [0.15, 0.2) is 11.5 Å². The lowest BCUT2D eigenvalue weighted by molar-refractivity contribution is 0.174. The van der Waals surface area contributed by atoms with Crippen molar-refractivity contribution < 1.29 is 9.47 Å². The van der Waals surface area contributed by atoms with Crippen molar-refractivity contribution in [3.8, 4) is 11.5 Å². The molecule has 0 spiro atoms. The van der Waals surface area contributed by atoms with Crippen molar-refractivity contribution in [1.29, 1.82) is 0 Å². The molecule has 27 heavy (non-hydrogen) atoms. The first-order valence-electron chi connectivity index (χ1n) is 8.58. The summed E-state index contributed by atoms with van der Waals surface area (Å²) in [5.74, 6) is 2.80. The highest BCUT2D eigenvalue weighted by Crippen LogP contribution is 2.32. The van der Waals surface area contributed by atoms with E-state index in [1.807, 2.05) is 56.3 Å². The first-order chi connectivity index (χ1) is 13.1. The maximum atomic E-state index is 6.19. The monoisotopic (exact) mass is 382 g/mol. The van der Waals surface area contributed by atoms with E-state index < -0.39 is 0 Å². The molecule has 7 heteroatoms. The van der Waals surface area contributed by atoms with Gasteiger partial charge in [-0.15, -0.1) is 0 Å². The molecule has 1 aliphatic rings. The number of ether oxygens (including phenoxy) is 2.